The largest absolute Gasteiger partial charge is 0.507 e. The molecule has 0 saturated carbocycles. The number of hydrogen-bond acceptors (Lipinski definition) is 5. The minimum absolute atomic E-state index is 0.0629. The maximum atomic E-state index is 13.8. The van der Waals surface area contributed by atoms with Crippen LogP contribution in [-0.4, -0.2) is 33.8 Å². The van der Waals surface area contributed by atoms with Crippen molar-refractivity contribution in [1.82, 2.24) is 10.2 Å². The average Bonchev–Trinajstić information content (AvgIpc) is 2.98. The van der Waals surface area contributed by atoms with E-state index in [1.165, 1.54) is 0 Å². The number of allylic oxidation sites excluding steroid dienone is 1. The lowest BCUT2D eigenvalue weighted by Crippen LogP contribution is -2.30. The van der Waals surface area contributed by atoms with Crippen molar-refractivity contribution >= 4 is 5.82 Å². The summed E-state index contributed by atoms with van der Waals surface area (Å²) in [4.78, 5) is 0. The van der Waals surface area contributed by atoms with Crippen molar-refractivity contribution < 1.29 is 27.1 Å². The Kier molecular flexibility index (Phi) is 7.60. The fourth-order valence-corrected chi connectivity index (χ4v) is 3.93. The lowest BCUT2D eigenvalue weighted by atomic mass is 9.96. The zero-order chi connectivity index (χ0) is 25.1. The van der Waals surface area contributed by atoms with Gasteiger partial charge in [-0.2, -0.15) is 13.2 Å². The predicted molar refractivity (Wildman–Crippen MR) is 121 cm³/mol. The van der Waals surface area contributed by atoms with Gasteiger partial charge in [0, 0.05) is 11.6 Å². The summed E-state index contributed by atoms with van der Waals surface area (Å²) in [6.07, 6.45) is 0.426. The Hall–Kier alpha value is -3.01. The number of halogens is 5. The van der Waals surface area contributed by atoms with Crippen molar-refractivity contribution in [3.63, 3.8) is 0 Å². The summed E-state index contributed by atoms with van der Waals surface area (Å²) in [5.41, 5.74) is 5.85. The van der Waals surface area contributed by atoms with Crippen LogP contribution < -0.4 is 11.1 Å². The quantitative estimate of drug-likeness (QED) is 0.333. The van der Waals surface area contributed by atoms with E-state index in [9.17, 15) is 27.1 Å². The molecule has 1 aromatic heterocycles. The molecule has 1 heterocycles. The highest BCUT2D eigenvalue weighted by Gasteiger charge is 2.32. The molecule has 0 unspecified atom stereocenters. The first-order valence-electron chi connectivity index (χ1n) is 10.9. The summed E-state index contributed by atoms with van der Waals surface area (Å²) in [5, 5.41) is 21.6. The molecule has 184 valence electrons. The molecule has 10 heteroatoms. The van der Waals surface area contributed by atoms with Crippen molar-refractivity contribution in [2.24, 2.45) is 5.73 Å². The Morgan fingerprint density at radius 3 is 2.56 bits per heavy atom. The van der Waals surface area contributed by atoms with E-state index in [-0.39, 0.29) is 29.3 Å². The number of hydrogen-bond donors (Lipinski definition) is 3. The van der Waals surface area contributed by atoms with Crippen LogP contribution in [0.3, 0.4) is 0 Å². The van der Waals surface area contributed by atoms with E-state index in [1.54, 1.807) is 13.0 Å². The molecular weight excluding hydrogens is 455 g/mol. The van der Waals surface area contributed by atoms with E-state index in [2.05, 4.69) is 22.1 Å². The highest BCUT2D eigenvalue weighted by molar-refractivity contribution is 5.70. The second-order valence-electron chi connectivity index (χ2n) is 8.52. The summed E-state index contributed by atoms with van der Waals surface area (Å²) in [6, 6.07) is 4.32. The number of alkyl halides is 5. The van der Waals surface area contributed by atoms with E-state index in [0.29, 0.717) is 23.9 Å². The molecule has 2 aromatic rings. The molecule has 1 aromatic carbocycles. The standard InChI is InChI=1S/C24H27F5N4O/c1-14-9-21(32-33-22(14)19-8-7-17(12-20(19)34)24(27,28)29)31-18-6-4-3-5-16(11-18)10-15(2)23(25,26)13-30/h5,7-9,12,18,34H,2-4,6,10-11,13,30H2,1H3,(H,31,32)/t18-/m1/s1. The molecule has 5 nitrogen and oxygen atoms in total. The van der Waals surface area contributed by atoms with Gasteiger partial charge in [0.05, 0.1) is 17.8 Å². The van der Waals surface area contributed by atoms with Crippen LogP contribution in [0.2, 0.25) is 0 Å². The number of benzene rings is 1. The normalized spacial score (nSPS) is 17.1. The second-order valence-corrected chi connectivity index (χ2v) is 8.52. The predicted octanol–water partition coefficient (Wildman–Crippen LogP) is 6.00. The van der Waals surface area contributed by atoms with Gasteiger partial charge in [-0.1, -0.05) is 18.2 Å². The summed E-state index contributed by atoms with van der Waals surface area (Å²) in [5.74, 6) is -3.20. The SMILES string of the molecule is C=C(CC1=CCCC[C@@H](Nc2cc(C)c(-c3ccc(C(F)(F)F)cc3O)nn2)C1)C(F)(F)CN. The molecule has 1 aliphatic carbocycles. The van der Waals surface area contributed by atoms with E-state index in [4.69, 9.17) is 5.73 Å². The van der Waals surface area contributed by atoms with E-state index < -0.39 is 30.0 Å². The number of phenolic OH excluding ortho intramolecular Hbond substituents is 1. The van der Waals surface area contributed by atoms with Crippen LogP contribution in [0, 0.1) is 6.92 Å². The van der Waals surface area contributed by atoms with Crippen molar-refractivity contribution in [2.45, 2.75) is 57.2 Å². The fraction of sp³-hybridized carbons (Fsp3) is 0.417. The zero-order valence-corrected chi connectivity index (χ0v) is 18.7. The maximum absolute atomic E-state index is 13.8. The first kappa shape index (κ1) is 25.6. The number of phenols is 1. The number of nitrogens with two attached hydrogens (primary N) is 1. The van der Waals surface area contributed by atoms with Gasteiger partial charge in [0.2, 0.25) is 0 Å². The number of rotatable bonds is 7. The van der Waals surface area contributed by atoms with Crippen LogP contribution >= 0.6 is 0 Å². The zero-order valence-electron chi connectivity index (χ0n) is 18.7. The highest BCUT2D eigenvalue weighted by Crippen LogP contribution is 2.37. The number of aryl methyl sites for hydroxylation is 1. The van der Waals surface area contributed by atoms with Crippen LogP contribution in [0.5, 0.6) is 5.75 Å². The fourth-order valence-electron chi connectivity index (χ4n) is 3.93. The molecular formula is C24H27F5N4O. The number of nitrogens with zero attached hydrogens (tertiary/aromatic N) is 2. The maximum Gasteiger partial charge on any atom is 0.416 e. The second kappa shape index (κ2) is 10.1. The van der Waals surface area contributed by atoms with Gasteiger partial charge in [-0.15, -0.1) is 10.2 Å². The van der Waals surface area contributed by atoms with Gasteiger partial charge >= 0.3 is 6.18 Å². The van der Waals surface area contributed by atoms with Crippen LogP contribution in [0.4, 0.5) is 27.8 Å². The molecule has 0 spiro atoms. The summed E-state index contributed by atoms with van der Waals surface area (Å²) in [7, 11) is 0. The minimum atomic E-state index is -4.57. The highest BCUT2D eigenvalue weighted by atomic mass is 19.4. The Balaban J connectivity index is 1.73. The number of anilines is 1. The molecule has 0 amide bonds. The smallest absolute Gasteiger partial charge is 0.416 e. The number of nitrogens with one attached hydrogen (secondary N) is 1. The molecule has 0 fully saturated rings. The molecule has 3 rings (SSSR count). The number of aromatic hydroxyl groups is 1. The Morgan fingerprint density at radius 1 is 1.21 bits per heavy atom. The molecule has 1 aliphatic rings. The topological polar surface area (TPSA) is 84.1 Å². The third-order valence-electron chi connectivity index (χ3n) is 5.83. The Bertz CT molecular complexity index is 1080. The van der Waals surface area contributed by atoms with E-state index in [1.807, 2.05) is 6.08 Å². The summed E-state index contributed by atoms with van der Waals surface area (Å²) >= 11 is 0. The first-order valence-corrected chi connectivity index (χ1v) is 10.9. The van der Waals surface area contributed by atoms with Crippen LogP contribution in [0.25, 0.3) is 11.3 Å². The average molecular weight is 482 g/mol. The van der Waals surface area contributed by atoms with Crippen molar-refractivity contribution in [2.75, 3.05) is 11.9 Å². The minimum Gasteiger partial charge on any atom is -0.507 e. The van der Waals surface area contributed by atoms with Crippen molar-refractivity contribution in [1.29, 1.82) is 0 Å². The van der Waals surface area contributed by atoms with Gasteiger partial charge < -0.3 is 16.2 Å². The van der Waals surface area contributed by atoms with Crippen LogP contribution in [0.1, 0.15) is 43.2 Å². The first-order chi connectivity index (χ1) is 15.9. The van der Waals surface area contributed by atoms with E-state index >= 15 is 0 Å². The van der Waals surface area contributed by atoms with Gasteiger partial charge in [-0.3, -0.25) is 0 Å². The van der Waals surface area contributed by atoms with Crippen molar-refractivity contribution in [3.8, 4) is 17.0 Å². The molecule has 1 atom stereocenters. The Labute approximate surface area is 194 Å². The van der Waals surface area contributed by atoms with Gasteiger partial charge in [0.15, 0.2) is 0 Å². The van der Waals surface area contributed by atoms with Gasteiger partial charge in [0.1, 0.15) is 11.6 Å². The lowest BCUT2D eigenvalue weighted by molar-refractivity contribution is -0.137. The van der Waals surface area contributed by atoms with Crippen molar-refractivity contribution in [3.05, 3.63) is 59.2 Å². The van der Waals surface area contributed by atoms with Crippen LogP contribution in [-0.2, 0) is 6.18 Å². The molecule has 0 saturated heterocycles. The molecule has 0 radical (unpaired) electrons. The summed E-state index contributed by atoms with van der Waals surface area (Å²) < 4.78 is 66.2. The van der Waals surface area contributed by atoms with Crippen LogP contribution in [0.15, 0.2) is 48.1 Å². The monoisotopic (exact) mass is 482 g/mol. The third kappa shape index (κ3) is 6.11. The molecule has 4 N–H and O–H groups in total. The van der Waals surface area contributed by atoms with E-state index in [0.717, 1.165) is 37.0 Å². The van der Waals surface area contributed by atoms with Gasteiger partial charge in [0.25, 0.3) is 5.92 Å². The Morgan fingerprint density at radius 2 is 1.94 bits per heavy atom. The van der Waals surface area contributed by atoms with Gasteiger partial charge in [-0.25, -0.2) is 8.78 Å². The number of aromatic nitrogens is 2. The molecule has 0 bridgehead atoms. The third-order valence-corrected chi connectivity index (χ3v) is 5.83. The molecule has 34 heavy (non-hydrogen) atoms. The molecule has 0 aliphatic heterocycles. The lowest BCUT2D eigenvalue weighted by Gasteiger charge is -2.22. The summed E-state index contributed by atoms with van der Waals surface area (Å²) in [6.45, 7) is 4.44. The van der Waals surface area contributed by atoms with Gasteiger partial charge in [-0.05, 0) is 74.4 Å².